The second-order valence-corrected chi connectivity index (χ2v) is 14.3. The molecule has 1 heteroatoms. The highest BCUT2D eigenvalue weighted by Gasteiger charge is 2.46. The molecule has 1 atom stereocenters. The average Bonchev–Trinajstić information content (AvgIpc) is 3.46. The normalized spacial score (nSPS) is 18.3. The first kappa shape index (κ1) is 37.6. The van der Waals surface area contributed by atoms with Gasteiger partial charge in [-0.25, -0.2) is 0 Å². The minimum Gasteiger partial charge on any atom is -0.399 e. The molecular weight excluding hydrogens is 675 g/mol. The van der Waals surface area contributed by atoms with Crippen molar-refractivity contribution in [3.63, 3.8) is 0 Å². The van der Waals surface area contributed by atoms with Crippen molar-refractivity contribution in [1.82, 2.24) is 0 Å². The highest BCUT2D eigenvalue weighted by atomic mass is 14.5. The van der Waals surface area contributed by atoms with E-state index in [4.69, 9.17) is 5.73 Å². The molecule has 4 aromatic rings. The van der Waals surface area contributed by atoms with Crippen LogP contribution in [0.2, 0.25) is 0 Å². The summed E-state index contributed by atoms with van der Waals surface area (Å²) < 4.78 is 0. The number of nitrogens with two attached hydrogens (primary N) is 1. The molecule has 0 amide bonds. The molecule has 0 fully saturated rings. The minimum atomic E-state index is -0.432. The first-order valence-electron chi connectivity index (χ1n) is 19.5. The van der Waals surface area contributed by atoms with Gasteiger partial charge in [-0.15, -0.1) is 0 Å². The third-order valence-corrected chi connectivity index (χ3v) is 10.6. The van der Waals surface area contributed by atoms with E-state index >= 15 is 0 Å². The van der Waals surface area contributed by atoms with Gasteiger partial charge in [0.05, 0.1) is 0 Å². The molecule has 56 heavy (non-hydrogen) atoms. The van der Waals surface area contributed by atoms with Crippen LogP contribution in [0.15, 0.2) is 248 Å². The number of hydrogen-bond acceptors (Lipinski definition) is 1. The monoisotopic (exact) mass is 723 g/mol. The Balaban J connectivity index is 1.39. The summed E-state index contributed by atoms with van der Waals surface area (Å²) in [5.74, 6) is 0. The fourth-order valence-electron chi connectivity index (χ4n) is 8.15. The van der Waals surface area contributed by atoms with E-state index in [0.717, 1.165) is 31.3 Å². The van der Waals surface area contributed by atoms with Crippen molar-refractivity contribution >= 4 is 21.9 Å². The summed E-state index contributed by atoms with van der Waals surface area (Å²) in [6.45, 7) is 7.73. The van der Waals surface area contributed by atoms with Gasteiger partial charge in [0.2, 0.25) is 0 Å². The van der Waals surface area contributed by atoms with Gasteiger partial charge >= 0.3 is 0 Å². The van der Waals surface area contributed by atoms with Crippen LogP contribution in [-0.2, 0) is 11.8 Å². The number of rotatable bonds is 11. The first-order valence-corrected chi connectivity index (χ1v) is 19.5. The first-order chi connectivity index (χ1) is 27.6. The molecule has 7 rings (SSSR count). The molecule has 0 spiro atoms. The summed E-state index contributed by atoms with van der Waals surface area (Å²) in [5.41, 5.74) is 18.8. The van der Waals surface area contributed by atoms with Crippen molar-refractivity contribution in [3.8, 4) is 0 Å². The predicted molar refractivity (Wildman–Crippen MR) is 243 cm³/mol. The van der Waals surface area contributed by atoms with Crippen molar-refractivity contribution in [3.05, 3.63) is 276 Å². The van der Waals surface area contributed by atoms with Crippen LogP contribution in [0, 0.1) is 0 Å². The maximum Gasteiger partial charge on any atom is 0.0466 e. The number of allylic oxidation sites excluding steroid dienone is 25. The molecule has 3 aliphatic carbocycles. The molecule has 0 saturated heterocycles. The second-order valence-electron chi connectivity index (χ2n) is 14.3. The Labute approximate surface area is 333 Å². The van der Waals surface area contributed by atoms with Crippen LogP contribution in [0.4, 0.5) is 0 Å². The number of benzene rings is 4. The van der Waals surface area contributed by atoms with Gasteiger partial charge in [-0.1, -0.05) is 207 Å². The van der Waals surface area contributed by atoms with E-state index in [0.29, 0.717) is 5.70 Å². The molecular formula is C55H49N. The van der Waals surface area contributed by atoms with E-state index in [1.807, 2.05) is 24.3 Å². The van der Waals surface area contributed by atoms with Crippen molar-refractivity contribution < 1.29 is 0 Å². The van der Waals surface area contributed by atoms with E-state index in [2.05, 4.69) is 201 Å². The van der Waals surface area contributed by atoms with Gasteiger partial charge in [-0.05, 0) is 110 Å². The Hall–Kier alpha value is -6.70. The molecule has 1 nitrogen and oxygen atoms in total. The average molecular weight is 724 g/mol. The quantitative estimate of drug-likeness (QED) is 0.153. The Bertz CT molecular complexity index is 2490. The smallest absolute Gasteiger partial charge is 0.0466 e. The second kappa shape index (κ2) is 18.1. The number of hydrogen-bond donors (Lipinski definition) is 1. The largest absolute Gasteiger partial charge is 0.399 e. The SMILES string of the molecule is C=C/C=C\C=C/C1=C(C2(C/C=C\C=C/C(=C)N)C3=C(C=CC=CC=C(c4cccc(Cc5ccccc5)c4)C=CC=C3)c3cc4ccccc4cc32)CCC=C1. The van der Waals surface area contributed by atoms with E-state index < -0.39 is 5.41 Å². The van der Waals surface area contributed by atoms with Crippen LogP contribution in [0.5, 0.6) is 0 Å². The van der Waals surface area contributed by atoms with Gasteiger partial charge in [0.1, 0.15) is 0 Å². The van der Waals surface area contributed by atoms with Crippen LogP contribution in [0.25, 0.3) is 21.9 Å². The zero-order chi connectivity index (χ0) is 38.6. The third-order valence-electron chi connectivity index (χ3n) is 10.6. The molecule has 0 aliphatic heterocycles. The molecule has 0 bridgehead atoms. The van der Waals surface area contributed by atoms with Gasteiger partial charge in [-0.3, -0.25) is 0 Å². The highest BCUT2D eigenvalue weighted by Crippen LogP contribution is 2.57. The van der Waals surface area contributed by atoms with E-state index in [1.165, 1.54) is 60.9 Å². The van der Waals surface area contributed by atoms with Gasteiger partial charge in [0, 0.05) is 11.1 Å². The zero-order valence-electron chi connectivity index (χ0n) is 32.0. The van der Waals surface area contributed by atoms with Crippen molar-refractivity contribution in [2.45, 2.75) is 31.1 Å². The molecule has 0 aromatic heterocycles. The lowest BCUT2D eigenvalue weighted by Gasteiger charge is -2.38. The van der Waals surface area contributed by atoms with Crippen molar-refractivity contribution in [1.29, 1.82) is 0 Å². The van der Waals surface area contributed by atoms with Crippen molar-refractivity contribution in [2.75, 3.05) is 0 Å². The summed E-state index contributed by atoms with van der Waals surface area (Å²) in [7, 11) is 0. The van der Waals surface area contributed by atoms with Crippen LogP contribution >= 0.6 is 0 Å². The zero-order valence-corrected chi connectivity index (χ0v) is 32.0. The maximum atomic E-state index is 5.91. The Kier molecular flexibility index (Phi) is 12.1. The maximum absolute atomic E-state index is 5.91. The number of fused-ring (bicyclic) bond motifs is 3. The molecule has 0 radical (unpaired) electrons. The molecule has 2 N–H and O–H groups in total. The Morgan fingerprint density at radius 3 is 2.34 bits per heavy atom. The Morgan fingerprint density at radius 1 is 0.714 bits per heavy atom. The molecule has 1 unspecified atom stereocenters. The van der Waals surface area contributed by atoms with Crippen LogP contribution < -0.4 is 5.73 Å². The summed E-state index contributed by atoms with van der Waals surface area (Å²) in [5, 5.41) is 2.48. The van der Waals surface area contributed by atoms with E-state index in [1.54, 1.807) is 0 Å². The molecule has 274 valence electrons. The van der Waals surface area contributed by atoms with Gasteiger partial charge in [0.15, 0.2) is 0 Å². The standard InChI is InChI=1S/C55H49N/c1-3-4-5-12-29-46-30-18-19-35-52(46)55(37-21-8-9-23-42(2)56)53-36-20-17-28-45(47-33-22-26-44(39-47)38-43-24-10-6-11-25-43)27-13-7-14-34-50(53)51-40-48-31-15-16-32-49(48)41-54(51)55/h3-18,20-34,36,39-41H,1-2,19,35,37-38,56H2/b5-4-,13-7?,14-7?,20-17?,21-8-,23-9-,27-13?,28-17?,29-12-,34-14?,36-20?,45-27?,45-28?,50-34?,53-36?. The summed E-state index contributed by atoms with van der Waals surface area (Å²) in [4.78, 5) is 0. The van der Waals surface area contributed by atoms with Gasteiger partial charge in [-0.2, -0.15) is 0 Å². The fraction of sp³-hybridized carbons (Fsp3) is 0.0909. The Morgan fingerprint density at radius 2 is 1.50 bits per heavy atom. The molecule has 3 aliphatic rings. The van der Waals surface area contributed by atoms with Crippen LogP contribution in [-0.4, -0.2) is 0 Å². The predicted octanol–water partition coefficient (Wildman–Crippen LogP) is 13.7. The van der Waals surface area contributed by atoms with Gasteiger partial charge in [0.25, 0.3) is 0 Å². The molecule has 0 heterocycles. The van der Waals surface area contributed by atoms with E-state index in [-0.39, 0.29) is 0 Å². The summed E-state index contributed by atoms with van der Waals surface area (Å²) in [6, 6.07) is 33.1. The topological polar surface area (TPSA) is 26.0 Å². The minimum absolute atomic E-state index is 0.432. The van der Waals surface area contributed by atoms with E-state index in [9.17, 15) is 0 Å². The lowest BCUT2D eigenvalue weighted by atomic mass is 9.64. The molecule has 4 aromatic carbocycles. The summed E-state index contributed by atoms with van der Waals surface area (Å²) in [6.07, 6.45) is 46.8. The van der Waals surface area contributed by atoms with Crippen LogP contribution in [0.1, 0.15) is 47.1 Å². The lowest BCUT2D eigenvalue weighted by Crippen LogP contribution is -2.30. The highest BCUT2D eigenvalue weighted by molar-refractivity contribution is 5.97. The van der Waals surface area contributed by atoms with Crippen molar-refractivity contribution in [2.24, 2.45) is 5.73 Å². The van der Waals surface area contributed by atoms with Gasteiger partial charge < -0.3 is 5.73 Å². The summed E-state index contributed by atoms with van der Waals surface area (Å²) >= 11 is 0. The van der Waals surface area contributed by atoms with Crippen LogP contribution in [0.3, 0.4) is 0 Å². The third kappa shape index (κ3) is 8.49. The lowest BCUT2D eigenvalue weighted by molar-refractivity contribution is 0.588. The molecule has 0 saturated carbocycles. The fourth-order valence-corrected chi connectivity index (χ4v) is 8.15.